The van der Waals surface area contributed by atoms with Gasteiger partial charge in [-0.1, -0.05) is 24.3 Å². The first-order valence-corrected chi connectivity index (χ1v) is 7.59. The number of hydrogen-bond acceptors (Lipinski definition) is 3. The lowest BCUT2D eigenvalue weighted by molar-refractivity contribution is 0.0951. The van der Waals surface area contributed by atoms with Gasteiger partial charge in [0.2, 0.25) is 0 Å². The highest BCUT2D eigenvalue weighted by atomic mass is 16.3. The van der Waals surface area contributed by atoms with E-state index in [1.165, 1.54) is 11.1 Å². The fraction of sp³-hybridized carbons (Fsp3) is 0.278. The van der Waals surface area contributed by atoms with Crippen molar-refractivity contribution in [3.63, 3.8) is 0 Å². The molecule has 114 valence electrons. The van der Waals surface area contributed by atoms with E-state index in [0.29, 0.717) is 18.5 Å². The van der Waals surface area contributed by atoms with Crippen molar-refractivity contribution >= 4 is 11.6 Å². The molecule has 0 radical (unpaired) electrons. The SMILES string of the molecule is O=C(NCCCO)c1ccc(N2Cc3ccccc3C2)cc1. The van der Waals surface area contributed by atoms with Gasteiger partial charge in [0, 0.05) is 37.5 Å². The van der Waals surface area contributed by atoms with Crippen LogP contribution >= 0.6 is 0 Å². The minimum atomic E-state index is -0.0929. The summed E-state index contributed by atoms with van der Waals surface area (Å²) in [6.07, 6.45) is 0.579. The van der Waals surface area contributed by atoms with Crippen LogP contribution in [0.1, 0.15) is 27.9 Å². The summed E-state index contributed by atoms with van der Waals surface area (Å²) in [5, 5.41) is 11.5. The van der Waals surface area contributed by atoms with Crippen molar-refractivity contribution < 1.29 is 9.90 Å². The maximum absolute atomic E-state index is 11.9. The standard InChI is InChI=1S/C18H20N2O2/c21-11-3-10-19-18(22)14-6-8-17(9-7-14)20-12-15-4-1-2-5-16(15)13-20/h1-2,4-9,21H,3,10-13H2,(H,19,22). The predicted octanol–water partition coefficient (Wildman–Crippen LogP) is 2.32. The van der Waals surface area contributed by atoms with Gasteiger partial charge in [0.1, 0.15) is 0 Å². The first kappa shape index (κ1) is 14.6. The van der Waals surface area contributed by atoms with Crippen LogP contribution in [0.5, 0.6) is 0 Å². The van der Waals surface area contributed by atoms with Gasteiger partial charge in [-0.2, -0.15) is 0 Å². The second kappa shape index (κ2) is 6.62. The van der Waals surface area contributed by atoms with Crippen molar-refractivity contribution in [2.24, 2.45) is 0 Å². The number of amides is 1. The number of aliphatic hydroxyl groups excluding tert-OH is 1. The van der Waals surface area contributed by atoms with Crippen LogP contribution < -0.4 is 10.2 Å². The number of nitrogens with one attached hydrogen (secondary N) is 1. The maximum Gasteiger partial charge on any atom is 0.251 e. The van der Waals surface area contributed by atoms with E-state index in [9.17, 15) is 4.79 Å². The van der Waals surface area contributed by atoms with Crippen LogP contribution in [-0.2, 0) is 13.1 Å². The molecule has 1 aliphatic heterocycles. The van der Waals surface area contributed by atoms with Crippen molar-refractivity contribution in [2.75, 3.05) is 18.1 Å². The minimum absolute atomic E-state index is 0.0920. The van der Waals surface area contributed by atoms with Gasteiger partial charge in [0.25, 0.3) is 5.91 Å². The number of nitrogens with zero attached hydrogens (tertiary/aromatic N) is 1. The Kier molecular flexibility index (Phi) is 4.39. The molecule has 0 saturated heterocycles. The summed E-state index contributed by atoms with van der Waals surface area (Å²) in [5.41, 5.74) is 4.52. The Labute approximate surface area is 130 Å². The zero-order valence-electron chi connectivity index (χ0n) is 12.5. The molecule has 0 aliphatic carbocycles. The Morgan fingerprint density at radius 3 is 2.27 bits per heavy atom. The molecule has 22 heavy (non-hydrogen) atoms. The number of rotatable bonds is 5. The van der Waals surface area contributed by atoms with E-state index in [1.54, 1.807) is 0 Å². The molecule has 4 heteroatoms. The van der Waals surface area contributed by atoms with Crippen LogP contribution in [0.4, 0.5) is 5.69 Å². The van der Waals surface area contributed by atoms with E-state index in [-0.39, 0.29) is 12.5 Å². The molecule has 0 fully saturated rings. The average Bonchev–Trinajstić information content (AvgIpc) is 2.99. The van der Waals surface area contributed by atoms with E-state index >= 15 is 0 Å². The zero-order valence-corrected chi connectivity index (χ0v) is 12.5. The van der Waals surface area contributed by atoms with Gasteiger partial charge in [-0.3, -0.25) is 4.79 Å². The van der Waals surface area contributed by atoms with E-state index in [1.807, 2.05) is 24.3 Å². The third-order valence-corrected chi connectivity index (χ3v) is 3.96. The third kappa shape index (κ3) is 3.12. The molecule has 2 aromatic rings. The molecule has 0 unspecified atom stereocenters. The average molecular weight is 296 g/mol. The lowest BCUT2D eigenvalue weighted by Crippen LogP contribution is -2.25. The highest BCUT2D eigenvalue weighted by Gasteiger charge is 2.18. The Bertz CT molecular complexity index is 627. The van der Waals surface area contributed by atoms with Gasteiger partial charge < -0.3 is 15.3 Å². The van der Waals surface area contributed by atoms with Crippen LogP contribution in [0, 0.1) is 0 Å². The summed E-state index contributed by atoms with van der Waals surface area (Å²) in [6.45, 7) is 2.42. The molecular weight excluding hydrogens is 276 g/mol. The lowest BCUT2D eigenvalue weighted by atomic mass is 10.1. The minimum Gasteiger partial charge on any atom is -0.396 e. The summed E-state index contributed by atoms with van der Waals surface area (Å²) < 4.78 is 0. The number of hydrogen-bond donors (Lipinski definition) is 2. The van der Waals surface area contributed by atoms with Crippen molar-refractivity contribution in [3.05, 3.63) is 65.2 Å². The Morgan fingerprint density at radius 2 is 1.68 bits per heavy atom. The largest absolute Gasteiger partial charge is 0.396 e. The van der Waals surface area contributed by atoms with E-state index in [4.69, 9.17) is 5.11 Å². The van der Waals surface area contributed by atoms with Gasteiger partial charge in [-0.15, -0.1) is 0 Å². The van der Waals surface area contributed by atoms with Crippen molar-refractivity contribution in [1.29, 1.82) is 0 Å². The van der Waals surface area contributed by atoms with E-state index in [0.717, 1.165) is 18.8 Å². The van der Waals surface area contributed by atoms with E-state index < -0.39 is 0 Å². The Hall–Kier alpha value is -2.33. The first-order valence-electron chi connectivity index (χ1n) is 7.59. The monoisotopic (exact) mass is 296 g/mol. The van der Waals surface area contributed by atoms with Crippen LogP contribution in [0.3, 0.4) is 0 Å². The summed E-state index contributed by atoms with van der Waals surface area (Å²) >= 11 is 0. The van der Waals surface area contributed by atoms with Crippen LogP contribution in [-0.4, -0.2) is 24.2 Å². The van der Waals surface area contributed by atoms with Crippen LogP contribution in [0.2, 0.25) is 0 Å². The first-order chi connectivity index (χ1) is 10.8. The van der Waals surface area contributed by atoms with Gasteiger partial charge >= 0.3 is 0 Å². The molecule has 1 aliphatic rings. The van der Waals surface area contributed by atoms with Gasteiger partial charge in [0.15, 0.2) is 0 Å². The molecule has 4 nitrogen and oxygen atoms in total. The number of fused-ring (bicyclic) bond motifs is 1. The zero-order chi connectivity index (χ0) is 15.4. The van der Waals surface area contributed by atoms with Crippen molar-refractivity contribution in [2.45, 2.75) is 19.5 Å². The van der Waals surface area contributed by atoms with Gasteiger partial charge in [-0.25, -0.2) is 0 Å². The molecule has 1 heterocycles. The number of aliphatic hydroxyl groups is 1. The molecule has 3 rings (SSSR count). The lowest BCUT2D eigenvalue weighted by Gasteiger charge is -2.18. The normalized spacial score (nSPS) is 13.0. The summed E-state index contributed by atoms with van der Waals surface area (Å²) in [5.74, 6) is -0.0929. The van der Waals surface area contributed by atoms with Gasteiger partial charge in [0.05, 0.1) is 0 Å². The molecule has 2 N–H and O–H groups in total. The molecular formula is C18H20N2O2. The number of anilines is 1. The molecule has 1 amide bonds. The quantitative estimate of drug-likeness (QED) is 0.833. The summed E-state index contributed by atoms with van der Waals surface area (Å²) in [4.78, 5) is 14.2. The summed E-state index contributed by atoms with van der Waals surface area (Å²) in [7, 11) is 0. The molecule has 0 aromatic heterocycles. The van der Waals surface area contributed by atoms with E-state index in [2.05, 4.69) is 34.5 Å². The second-order valence-corrected chi connectivity index (χ2v) is 5.50. The number of carbonyl (C=O) groups excluding carboxylic acids is 1. The fourth-order valence-corrected chi connectivity index (χ4v) is 2.72. The highest BCUT2D eigenvalue weighted by molar-refractivity contribution is 5.94. The van der Waals surface area contributed by atoms with Crippen LogP contribution in [0.25, 0.3) is 0 Å². The predicted molar refractivity (Wildman–Crippen MR) is 86.8 cm³/mol. The number of carbonyl (C=O) groups is 1. The third-order valence-electron chi connectivity index (χ3n) is 3.96. The molecule has 2 aromatic carbocycles. The second-order valence-electron chi connectivity index (χ2n) is 5.50. The maximum atomic E-state index is 11.9. The molecule has 0 bridgehead atoms. The topological polar surface area (TPSA) is 52.6 Å². The molecule has 0 atom stereocenters. The smallest absolute Gasteiger partial charge is 0.251 e. The highest BCUT2D eigenvalue weighted by Crippen LogP contribution is 2.28. The molecule has 0 spiro atoms. The summed E-state index contributed by atoms with van der Waals surface area (Å²) in [6, 6.07) is 16.2. The van der Waals surface area contributed by atoms with Crippen LogP contribution in [0.15, 0.2) is 48.5 Å². The van der Waals surface area contributed by atoms with Crippen molar-refractivity contribution in [1.82, 2.24) is 5.32 Å². The van der Waals surface area contributed by atoms with Gasteiger partial charge in [-0.05, 0) is 41.8 Å². The number of benzene rings is 2. The Morgan fingerprint density at radius 1 is 1.05 bits per heavy atom. The Balaban J connectivity index is 1.64. The van der Waals surface area contributed by atoms with Crippen molar-refractivity contribution in [3.8, 4) is 0 Å². The molecule has 0 saturated carbocycles. The fourth-order valence-electron chi connectivity index (χ4n) is 2.72.